The standard InChI is InChI=1S/C12H13F6NO/c1-6(2)9(20)19-8-4-3-7(5-8)10(19,11(13,14)15)12(16,17)18/h3-4,6-8H,5H2,1-2H3. The van der Waals surface area contributed by atoms with Gasteiger partial charge in [-0.1, -0.05) is 26.0 Å². The molecule has 2 aliphatic rings. The van der Waals surface area contributed by atoms with E-state index in [0.29, 0.717) is 0 Å². The minimum Gasteiger partial charge on any atom is -0.313 e. The fraction of sp³-hybridized carbons (Fsp3) is 0.750. The van der Waals surface area contributed by atoms with Gasteiger partial charge in [0.15, 0.2) is 0 Å². The second-order valence-corrected chi connectivity index (χ2v) is 5.42. The van der Waals surface area contributed by atoms with Crippen LogP contribution in [0.5, 0.6) is 0 Å². The maximum absolute atomic E-state index is 13.3. The average molecular weight is 301 g/mol. The highest BCUT2D eigenvalue weighted by Crippen LogP contribution is 2.60. The second-order valence-electron chi connectivity index (χ2n) is 5.42. The molecule has 0 saturated carbocycles. The summed E-state index contributed by atoms with van der Waals surface area (Å²) in [5.74, 6) is -3.83. The lowest BCUT2D eigenvalue weighted by Crippen LogP contribution is -2.71. The molecule has 20 heavy (non-hydrogen) atoms. The van der Waals surface area contributed by atoms with Crippen molar-refractivity contribution in [1.29, 1.82) is 0 Å². The van der Waals surface area contributed by atoms with Crippen molar-refractivity contribution in [3.63, 3.8) is 0 Å². The summed E-state index contributed by atoms with van der Waals surface area (Å²) in [6.07, 6.45) is -9.30. The van der Waals surface area contributed by atoms with Crippen LogP contribution >= 0.6 is 0 Å². The lowest BCUT2D eigenvalue weighted by molar-refractivity contribution is -0.339. The van der Waals surface area contributed by atoms with E-state index >= 15 is 0 Å². The molecule has 1 aliphatic heterocycles. The van der Waals surface area contributed by atoms with Gasteiger partial charge in [-0.15, -0.1) is 0 Å². The van der Waals surface area contributed by atoms with Gasteiger partial charge in [0.2, 0.25) is 11.4 Å². The highest BCUT2D eigenvalue weighted by molar-refractivity contribution is 5.81. The molecule has 1 fully saturated rings. The molecule has 0 aromatic rings. The molecule has 1 heterocycles. The summed E-state index contributed by atoms with van der Waals surface area (Å²) in [7, 11) is 0. The van der Waals surface area contributed by atoms with Crippen molar-refractivity contribution in [2.24, 2.45) is 11.8 Å². The Morgan fingerprint density at radius 2 is 1.65 bits per heavy atom. The number of halogens is 6. The monoisotopic (exact) mass is 301 g/mol. The van der Waals surface area contributed by atoms with Crippen molar-refractivity contribution in [2.45, 2.75) is 44.2 Å². The fourth-order valence-electron chi connectivity index (χ4n) is 3.09. The molecule has 1 saturated heterocycles. The number of hydrogen-bond acceptors (Lipinski definition) is 1. The van der Waals surface area contributed by atoms with Gasteiger partial charge in [0.25, 0.3) is 0 Å². The van der Waals surface area contributed by atoms with E-state index in [2.05, 4.69) is 0 Å². The average Bonchev–Trinajstić information content (AvgIpc) is 2.82. The zero-order chi connectivity index (χ0) is 15.5. The number of rotatable bonds is 1. The number of nitrogens with zero attached hydrogens (tertiary/aromatic N) is 1. The molecule has 0 aromatic carbocycles. The number of amides is 1. The van der Waals surface area contributed by atoms with Crippen LogP contribution in [-0.2, 0) is 4.79 Å². The normalized spacial score (nSPS) is 28.6. The lowest BCUT2D eigenvalue weighted by Gasteiger charge is -2.46. The van der Waals surface area contributed by atoms with Gasteiger partial charge in [0.1, 0.15) is 0 Å². The Morgan fingerprint density at radius 3 is 2.05 bits per heavy atom. The van der Waals surface area contributed by atoms with E-state index in [9.17, 15) is 31.1 Å². The molecule has 2 bridgehead atoms. The van der Waals surface area contributed by atoms with Gasteiger partial charge in [-0.05, 0) is 6.42 Å². The van der Waals surface area contributed by atoms with Crippen LogP contribution in [0, 0.1) is 11.8 Å². The first-order valence-corrected chi connectivity index (χ1v) is 6.09. The van der Waals surface area contributed by atoms with Crippen molar-refractivity contribution in [3.05, 3.63) is 12.2 Å². The van der Waals surface area contributed by atoms with Gasteiger partial charge in [0, 0.05) is 11.8 Å². The first kappa shape index (κ1) is 15.2. The van der Waals surface area contributed by atoms with Crippen molar-refractivity contribution < 1.29 is 31.1 Å². The molecule has 0 spiro atoms. The van der Waals surface area contributed by atoms with Crippen LogP contribution < -0.4 is 0 Å². The van der Waals surface area contributed by atoms with E-state index in [0.717, 1.165) is 6.08 Å². The van der Waals surface area contributed by atoms with Gasteiger partial charge < -0.3 is 4.90 Å². The zero-order valence-corrected chi connectivity index (χ0v) is 10.7. The summed E-state index contributed by atoms with van der Waals surface area (Å²) < 4.78 is 79.8. The largest absolute Gasteiger partial charge is 0.421 e. The Morgan fingerprint density at radius 1 is 1.15 bits per heavy atom. The summed E-state index contributed by atoms with van der Waals surface area (Å²) in [6, 6.07) is -1.14. The van der Waals surface area contributed by atoms with Gasteiger partial charge >= 0.3 is 12.4 Å². The molecule has 2 nitrogen and oxygen atoms in total. The smallest absolute Gasteiger partial charge is 0.313 e. The highest BCUT2D eigenvalue weighted by Gasteiger charge is 2.81. The Kier molecular flexibility index (Phi) is 3.15. The molecule has 8 heteroatoms. The maximum atomic E-state index is 13.3. The van der Waals surface area contributed by atoms with E-state index in [1.807, 2.05) is 0 Å². The minimum atomic E-state index is -5.57. The van der Waals surface area contributed by atoms with Crippen molar-refractivity contribution in [1.82, 2.24) is 4.90 Å². The summed E-state index contributed by atoms with van der Waals surface area (Å²) in [6.45, 7) is 2.57. The van der Waals surface area contributed by atoms with Crippen LogP contribution in [0.1, 0.15) is 20.3 Å². The Hall–Kier alpha value is -1.21. The van der Waals surface area contributed by atoms with Crippen LogP contribution in [-0.4, -0.2) is 34.7 Å². The fourth-order valence-corrected chi connectivity index (χ4v) is 3.09. The summed E-state index contributed by atoms with van der Waals surface area (Å²) >= 11 is 0. The molecular formula is C12H13F6NO. The predicted octanol–water partition coefficient (Wildman–Crippen LogP) is 3.29. The maximum Gasteiger partial charge on any atom is 0.421 e. The number of hydrogen-bond donors (Lipinski definition) is 0. The van der Waals surface area contributed by atoms with Gasteiger partial charge in [-0.25, -0.2) is 0 Å². The van der Waals surface area contributed by atoms with E-state index in [4.69, 9.17) is 0 Å². The van der Waals surface area contributed by atoms with Gasteiger partial charge in [-0.2, -0.15) is 26.3 Å². The first-order chi connectivity index (χ1) is 8.94. The number of likely N-dealkylation sites (tertiary alicyclic amines) is 1. The molecule has 2 rings (SSSR count). The van der Waals surface area contributed by atoms with Crippen molar-refractivity contribution in [2.75, 3.05) is 0 Å². The number of fused-ring (bicyclic) bond motifs is 2. The molecule has 114 valence electrons. The number of carbonyl (C=O) groups is 1. The first-order valence-electron chi connectivity index (χ1n) is 6.09. The lowest BCUT2D eigenvalue weighted by atomic mass is 9.82. The third-order valence-corrected chi connectivity index (χ3v) is 3.90. The van der Waals surface area contributed by atoms with Crippen LogP contribution in [0.15, 0.2) is 12.2 Å². The molecule has 2 unspecified atom stereocenters. The second kappa shape index (κ2) is 4.14. The van der Waals surface area contributed by atoms with Crippen molar-refractivity contribution in [3.8, 4) is 0 Å². The molecule has 0 radical (unpaired) electrons. The van der Waals surface area contributed by atoms with Crippen LogP contribution in [0.4, 0.5) is 26.3 Å². The Bertz CT molecular complexity index is 436. The van der Waals surface area contributed by atoms with E-state index in [1.54, 1.807) is 0 Å². The predicted molar refractivity (Wildman–Crippen MR) is 57.6 cm³/mol. The Balaban J connectivity index is 2.65. The minimum absolute atomic E-state index is 0.00231. The van der Waals surface area contributed by atoms with Crippen molar-refractivity contribution >= 4 is 5.91 Å². The third-order valence-electron chi connectivity index (χ3n) is 3.90. The molecule has 0 N–H and O–H groups in total. The molecule has 0 aromatic heterocycles. The summed E-state index contributed by atoms with van der Waals surface area (Å²) in [4.78, 5) is 11.9. The van der Waals surface area contributed by atoms with E-state index < -0.39 is 41.7 Å². The molecule has 1 aliphatic carbocycles. The molecular weight excluding hydrogens is 288 g/mol. The molecule has 1 amide bonds. The molecule has 2 atom stereocenters. The number of carbonyl (C=O) groups excluding carboxylic acids is 1. The zero-order valence-electron chi connectivity index (χ0n) is 10.7. The van der Waals surface area contributed by atoms with E-state index in [-0.39, 0.29) is 11.3 Å². The quantitative estimate of drug-likeness (QED) is 0.537. The van der Waals surface area contributed by atoms with Crippen LogP contribution in [0.25, 0.3) is 0 Å². The van der Waals surface area contributed by atoms with Crippen LogP contribution in [0.2, 0.25) is 0 Å². The van der Waals surface area contributed by atoms with Gasteiger partial charge in [-0.3, -0.25) is 4.79 Å². The third kappa shape index (κ3) is 1.69. The number of alkyl halides is 6. The summed E-state index contributed by atoms with van der Waals surface area (Å²) in [5, 5.41) is 0. The van der Waals surface area contributed by atoms with Gasteiger partial charge in [0.05, 0.1) is 6.04 Å². The highest BCUT2D eigenvalue weighted by atomic mass is 19.4. The summed E-state index contributed by atoms with van der Waals surface area (Å²) in [5.41, 5.74) is -4.10. The Labute approximate surface area is 111 Å². The topological polar surface area (TPSA) is 20.3 Å². The van der Waals surface area contributed by atoms with Crippen LogP contribution in [0.3, 0.4) is 0 Å². The SMILES string of the molecule is CC(C)C(=O)N1C2C=CC(C2)C1(C(F)(F)F)C(F)(F)F. The van der Waals surface area contributed by atoms with E-state index in [1.165, 1.54) is 19.9 Å².